The van der Waals surface area contributed by atoms with E-state index in [-0.39, 0.29) is 5.91 Å². The molecule has 1 amide bonds. The predicted octanol–water partition coefficient (Wildman–Crippen LogP) is 3.80. The molecule has 2 rings (SSSR count). The van der Waals surface area contributed by atoms with Gasteiger partial charge in [-0.2, -0.15) is 0 Å². The third-order valence-electron chi connectivity index (χ3n) is 3.19. The van der Waals surface area contributed by atoms with Gasteiger partial charge >= 0.3 is 0 Å². The van der Waals surface area contributed by atoms with Gasteiger partial charge in [0.1, 0.15) is 5.01 Å². The number of nitrogens with one attached hydrogen (secondary N) is 1. The van der Waals surface area contributed by atoms with E-state index in [9.17, 15) is 4.79 Å². The first-order valence-electron chi connectivity index (χ1n) is 8.14. The first-order valence-corrected chi connectivity index (χ1v) is 8.95. The summed E-state index contributed by atoms with van der Waals surface area (Å²) in [6, 6.07) is 5.50. The Morgan fingerprint density at radius 2 is 2.12 bits per heavy atom. The van der Waals surface area contributed by atoms with Crippen molar-refractivity contribution in [1.82, 2.24) is 10.2 Å². The van der Waals surface area contributed by atoms with Gasteiger partial charge in [-0.3, -0.25) is 10.1 Å². The highest BCUT2D eigenvalue weighted by atomic mass is 32.1. The first-order chi connectivity index (χ1) is 12.0. The summed E-state index contributed by atoms with van der Waals surface area (Å²) < 4.78 is 10.8. The molecule has 0 aliphatic carbocycles. The minimum Gasteiger partial charge on any atom is -0.493 e. The lowest BCUT2D eigenvalue weighted by Gasteiger charge is -2.09. The molecule has 0 aliphatic rings. The number of aromatic nitrogens is 2. The van der Waals surface area contributed by atoms with Crippen LogP contribution in [-0.4, -0.2) is 29.8 Å². The van der Waals surface area contributed by atoms with Crippen LogP contribution in [0, 0.1) is 5.92 Å². The molecular weight excluding hydrogens is 338 g/mol. The number of methoxy groups -OCH3 is 1. The Morgan fingerprint density at radius 1 is 1.32 bits per heavy atom. The average molecular weight is 361 g/mol. The maximum absolute atomic E-state index is 12.0. The Morgan fingerprint density at radius 3 is 2.80 bits per heavy atom. The normalized spacial score (nSPS) is 11.1. The highest BCUT2D eigenvalue weighted by molar-refractivity contribution is 7.15. The van der Waals surface area contributed by atoms with Crippen molar-refractivity contribution in [3.05, 3.63) is 34.8 Å². The van der Waals surface area contributed by atoms with Crippen LogP contribution < -0.4 is 14.8 Å². The number of rotatable bonds is 8. The van der Waals surface area contributed by atoms with Crippen LogP contribution in [-0.2, 0) is 11.2 Å². The fraction of sp³-hybridized carbons (Fsp3) is 0.389. The summed E-state index contributed by atoms with van der Waals surface area (Å²) in [4.78, 5) is 12.0. The molecule has 0 saturated heterocycles. The second-order valence-corrected chi connectivity index (χ2v) is 6.83. The van der Waals surface area contributed by atoms with Crippen LogP contribution in [0.3, 0.4) is 0 Å². The summed E-state index contributed by atoms with van der Waals surface area (Å²) in [5.74, 6) is 1.57. The topological polar surface area (TPSA) is 73.3 Å². The Hall–Kier alpha value is -2.41. The second-order valence-electron chi connectivity index (χ2n) is 5.76. The number of benzene rings is 1. The Balaban J connectivity index is 2.00. The third-order valence-corrected chi connectivity index (χ3v) is 4.06. The molecule has 0 radical (unpaired) electrons. The summed E-state index contributed by atoms with van der Waals surface area (Å²) in [6.07, 6.45) is 4.03. The standard InChI is InChI=1S/C18H23N3O3S/c1-5-24-15-11-13(6-8-14(15)23-4)7-9-16(22)19-18-21-20-17(25-18)10-12(2)3/h6-9,11-12H,5,10H2,1-4H3,(H,19,21,22). The molecule has 0 aliphatic heterocycles. The molecule has 25 heavy (non-hydrogen) atoms. The maximum atomic E-state index is 12.0. The monoisotopic (exact) mass is 361 g/mol. The number of anilines is 1. The number of ether oxygens (including phenoxy) is 2. The lowest BCUT2D eigenvalue weighted by molar-refractivity contribution is -0.111. The molecule has 1 N–H and O–H groups in total. The lowest BCUT2D eigenvalue weighted by atomic mass is 10.1. The van der Waals surface area contributed by atoms with Crippen molar-refractivity contribution in [1.29, 1.82) is 0 Å². The van der Waals surface area contributed by atoms with E-state index in [2.05, 4.69) is 29.4 Å². The Labute approximate surface area is 151 Å². The molecule has 0 fully saturated rings. The van der Waals surface area contributed by atoms with Gasteiger partial charge in [-0.15, -0.1) is 10.2 Å². The SMILES string of the molecule is CCOc1cc(C=CC(=O)Nc2nnc(CC(C)C)s2)ccc1OC. The quantitative estimate of drug-likeness (QED) is 0.724. The zero-order valence-corrected chi connectivity index (χ0v) is 15.7. The van der Waals surface area contributed by atoms with Gasteiger partial charge in [0.25, 0.3) is 0 Å². The van der Waals surface area contributed by atoms with Gasteiger partial charge in [0.15, 0.2) is 11.5 Å². The van der Waals surface area contributed by atoms with Crippen molar-refractivity contribution >= 4 is 28.5 Å². The number of carbonyl (C=O) groups is 1. The molecule has 0 saturated carbocycles. The predicted molar refractivity (Wildman–Crippen MR) is 100 cm³/mol. The number of hydrogen-bond acceptors (Lipinski definition) is 6. The molecule has 0 atom stereocenters. The molecule has 1 aromatic carbocycles. The Kier molecular flexibility index (Phi) is 6.94. The van der Waals surface area contributed by atoms with E-state index in [1.165, 1.54) is 17.4 Å². The molecule has 134 valence electrons. The van der Waals surface area contributed by atoms with E-state index in [0.29, 0.717) is 29.2 Å². The number of amides is 1. The number of hydrogen-bond donors (Lipinski definition) is 1. The van der Waals surface area contributed by atoms with Crippen molar-refractivity contribution < 1.29 is 14.3 Å². The fourth-order valence-corrected chi connectivity index (χ4v) is 3.07. The van der Waals surface area contributed by atoms with Crippen molar-refractivity contribution in [2.45, 2.75) is 27.2 Å². The highest BCUT2D eigenvalue weighted by Gasteiger charge is 2.08. The largest absolute Gasteiger partial charge is 0.493 e. The molecule has 2 aromatic rings. The summed E-state index contributed by atoms with van der Waals surface area (Å²) in [5, 5.41) is 12.2. The fourth-order valence-electron chi connectivity index (χ4n) is 2.12. The zero-order valence-electron chi connectivity index (χ0n) is 14.9. The molecule has 0 bridgehead atoms. The van der Waals surface area contributed by atoms with Gasteiger partial charge in [-0.1, -0.05) is 31.3 Å². The molecule has 1 heterocycles. The van der Waals surface area contributed by atoms with E-state index in [1.807, 2.05) is 25.1 Å². The minimum atomic E-state index is -0.249. The number of carbonyl (C=O) groups excluding carboxylic acids is 1. The van der Waals surface area contributed by atoms with Crippen molar-refractivity contribution in [2.24, 2.45) is 5.92 Å². The number of nitrogens with zero attached hydrogens (tertiary/aromatic N) is 2. The second kappa shape index (κ2) is 9.17. The molecule has 0 spiro atoms. The molecule has 7 heteroatoms. The van der Waals surface area contributed by atoms with E-state index >= 15 is 0 Å². The van der Waals surface area contributed by atoms with Crippen LogP contribution >= 0.6 is 11.3 Å². The molecule has 6 nitrogen and oxygen atoms in total. The van der Waals surface area contributed by atoms with Crippen LogP contribution in [0.5, 0.6) is 11.5 Å². The summed E-state index contributed by atoms with van der Waals surface area (Å²) in [5.41, 5.74) is 0.845. The highest BCUT2D eigenvalue weighted by Crippen LogP contribution is 2.28. The zero-order chi connectivity index (χ0) is 18.2. The third kappa shape index (κ3) is 5.86. The summed E-state index contributed by atoms with van der Waals surface area (Å²) in [7, 11) is 1.59. The van der Waals surface area contributed by atoms with Crippen molar-refractivity contribution in [3.8, 4) is 11.5 Å². The van der Waals surface area contributed by atoms with Crippen LogP contribution in [0.25, 0.3) is 6.08 Å². The van der Waals surface area contributed by atoms with Gasteiger partial charge in [-0.05, 0) is 36.6 Å². The maximum Gasteiger partial charge on any atom is 0.250 e. The van der Waals surface area contributed by atoms with E-state index in [4.69, 9.17) is 9.47 Å². The molecular formula is C18H23N3O3S. The summed E-state index contributed by atoms with van der Waals surface area (Å²) >= 11 is 1.40. The molecule has 1 aromatic heterocycles. The smallest absolute Gasteiger partial charge is 0.250 e. The average Bonchev–Trinajstić information content (AvgIpc) is 2.99. The van der Waals surface area contributed by atoms with Crippen LogP contribution in [0.15, 0.2) is 24.3 Å². The summed E-state index contributed by atoms with van der Waals surface area (Å²) in [6.45, 7) is 6.69. The van der Waals surface area contributed by atoms with Gasteiger partial charge < -0.3 is 9.47 Å². The van der Waals surface area contributed by atoms with Gasteiger partial charge in [0, 0.05) is 12.5 Å². The van der Waals surface area contributed by atoms with Gasteiger partial charge in [0.05, 0.1) is 13.7 Å². The van der Waals surface area contributed by atoms with Gasteiger partial charge in [0.2, 0.25) is 11.0 Å². The van der Waals surface area contributed by atoms with E-state index in [0.717, 1.165) is 17.0 Å². The van der Waals surface area contributed by atoms with Crippen LogP contribution in [0.1, 0.15) is 31.3 Å². The van der Waals surface area contributed by atoms with Crippen molar-refractivity contribution in [3.63, 3.8) is 0 Å². The Bertz CT molecular complexity index is 741. The van der Waals surface area contributed by atoms with Gasteiger partial charge in [-0.25, -0.2) is 0 Å². The molecule has 0 unspecified atom stereocenters. The minimum absolute atomic E-state index is 0.249. The van der Waals surface area contributed by atoms with E-state index in [1.54, 1.807) is 13.2 Å². The first kappa shape index (κ1) is 18.9. The van der Waals surface area contributed by atoms with Crippen LogP contribution in [0.2, 0.25) is 0 Å². The lowest BCUT2D eigenvalue weighted by Crippen LogP contribution is -2.07. The van der Waals surface area contributed by atoms with Crippen molar-refractivity contribution in [2.75, 3.05) is 19.0 Å². The van der Waals surface area contributed by atoms with E-state index < -0.39 is 0 Å². The van der Waals surface area contributed by atoms with Crippen LogP contribution in [0.4, 0.5) is 5.13 Å².